The Balaban J connectivity index is 3.50. The second kappa shape index (κ2) is 5.83. The maximum Gasteiger partial charge on any atom is 0.244 e. The number of hydrogen-bond donors (Lipinski definition) is 1. The van der Waals surface area contributed by atoms with Gasteiger partial charge in [-0.3, -0.25) is 0 Å². The molecule has 106 valence electrons. The van der Waals surface area contributed by atoms with Crippen LogP contribution >= 0.6 is 0 Å². The number of hydrogen-bond acceptors (Lipinski definition) is 4. The molecule has 0 amide bonds. The molecular formula is C11H16N2O4S2. The predicted octanol–water partition coefficient (Wildman–Crippen LogP) is 0.531. The van der Waals surface area contributed by atoms with Gasteiger partial charge in [0.15, 0.2) is 0 Å². The van der Waals surface area contributed by atoms with Gasteiger partial charge >= 0.3 is 0 Å². The molecule has 0 unspecified atom stereocenters. The van der Waals surface area contributed by atoms with Crippen molar-refractivity contribution in [3.8, 4) is 0 Å². The Morgan fingerprint density at radius 1 is 1.21 bits per heavy atom. The van der Waals surface area contributed by atoms with Gasteiger partial charge < -0.3 is 0 Å². The second-order valence-corrected chi connectivity index (χ2v) is 7.17. The van der Waals surface area contributed by atoms with Gasteiger partial charge in [0, 0.05) is 13.1 Å². The van der Waals surface area contributed by atoms with Gasteiger partial charge in [-0.1, -0.05) is 25.1 Å². The van der Waals surface area contributed by atoms with Gasteiger partial charge in [0.25, 0.3) is 0 Å². The number of rotatable bonds is 6. The molecule has 0 spiro atoms. The molecule has 8 heteroatoms. The minimum Gasteiger partial charge on any atom is -0.225 e. The van der Waals surface area contributed by atoms with Crippen molar-refractivity contribution in [1.29, 1.82) is 0 Å². The van der Waals surface area contributed by atoms with Gasteiger partial charge in [0.2, 0.25) is 20.0 Å². The molecule has 0 aliphatic carbocycles. The number of likely N-dealkylation sites (N-methyl/N-ethyl adjacent to an activating group) is 1. The minimum atomic E-state index is -4.10. The van der Waals surface area contributed by atoms with Gasteiger partial charge in [-0.05, 0) is 12.1 Å². The van der Waals surface area contributed by atoms with Crippen LogP contribution in [0.15, 0.2) is 46.7 Å². The lowest BCUT2D eigenvalue weighted by atomic mass is 10.4. The number of sulfonamides is 2. The number of nitrogens with zero attached hydrogens (tertiary/aromatic N) is 1. The topological polar surface area (TPSA) is 97.5 Å². The molecule has 0 saturated carbocycles. The lowest BCUT2D eigenvalue weighted by molar-refractivity contribution is 0.457. The molecular weight excluding hydrogens is 288 g/mol. The molecule has 2 N–H and O–H groups in total. The fourth-order valence-corrected chi connectivity index (χ4v) is 4.35. The molecule has 0 atom stereocenters. The van der Waals surface area contributed by atoms with E-state index in [1.807, 2.05) is 0 Å². The molecule has 1 rings (SSSR count). The fraction of sp³-hybridized carbons (Fsp3) is 0.273. The van der Waals surface area contributed by atoms with E-state index in [2.05, 4.69) is 6.58 Å². The lowest BCUT2D eigenvalue weighted by Gasteiger charge is -2.20. The average molecular weight is 304 g/mol. The van der Waals surface area contributed by atoms with Crippen molar-refractivity contribution in [3.05, 3.63) is 36.9 Å². The van der Waals surface area contributed by atoms with Crippen LogP contribution < -0.4 is 5.14 Å². The molecule has 0 radical (unpaired) electrons. The predicted molar refractivity (Wildman–Crippen MR) is 72.4 cm³/mol. The van der Waals surface area contributed by atoms with Crippen molar-refractivity contribution in [1.82, 2.24) is 4.31 Å². The van der Waals surface area contributed by atoms with E-state index in [0.29, 0.717) is 0 Å². The van der Waals surface area contributed by atoms with Crippen LogP contribution in [0.4, 0.5) is 0 Å². The summed E-state index contributed by atoms with van der Waals surface area (Å²) >= 11 is 0. The first-order valence-corrected chi connectivity index (χ1v) is 8.46. The number of primary sulfonamides is 1. The van der Waals surface area contributed by atoms with Gasteiger partial charge in [-0.2, -0.15) is 4.31 Å². The molecule has 0 aliphatic rings. The molecule has 1 aromatic carbocycles. The van der Waals surface area contributed by atoms with Gasteiger partial charge in [-0.15, -0.1) is 6.58 Å². The van der Waals surface area contributed by atoms with Crippen molar-refractivity contribution in [2.75, 3.05) is 13.1 Å². The number of nitrogens with two attached hydrogens (primary N) is 1. The molecule has 0 bridgehead atoms. The summed E-state index contributed by atoms with van der Waals surface area (Å²) < 4.78 is 48.8. The van der Waals surface area contributed by atoms with Crippen molar-refractivity contribution < 1.29 is 16.8 Å². The van der Waals surface area contributed by atoms with Crippen LogP contribution in [-0.2, 0) is 20.0 Å². The quantitative estimate of drug-likeness (QED) is 0.775. The van der Waals surface area contributed by atoms with E-state index in [1.165, 1.54) is 30.3 Å². The third-order valence-electron chi connectivity index (χ3n) is 2.46. The lowest BCUT2D eigenvalue weighted by Crippen LogP contribution is -2.32. The van der Waals surface area contributed by atoms with Crippen LogP contribution in [0.2, 0.25) is 0 Å². The average Bonchev–Trinajstić information content (AvgIpc) is 2.34. The maximum atomic E-state index is 12.4. The zero-order chi connectivity index (χ0) is 14.7. The van der Waals surface area contributed by atoms with E-state index in [9.17, 15) is 16.8 Å². The summed E-state index contributed by atoms with van der Waals surface area (Å²) in [6.45, 7) is 5.43. The van der Waals surface area contributed by atoms with E-state index in [4.69, 9.17) is 5.14 Å². The zero-order valence-electron chi connectivity index (χ0n) is 10.5. The monoisotopic (exact) mass is 304 g/mol. The summed E-state index contributed by atoms with van der Waals surface area (Å²) in [5, 5.41) is 5.04. The Kier molecular flexibility index (Phi) is 4.86. The molecule has 0 aliphatic heterocycles. The first kappa shape index (κ1) is 15.8. The van der Waals surface area contributed by atoms with E-state index in [-0.39, 0.29) is 18.0 Å². The van der Waals surface area contributed by atoms with E-state index >= 15 is 0 Å². The molecule has 1 aromatic rings. The highest BCUT2D eigenvalue weighted by atomic mass is 32.2. The Hall–Kier alpha value is -1.22. The fourth-order valence-electron chi connectivity index (χ4n) is 1.58. The SMILES string of the molecule is C=CCN(CC)S(=O)(=O)c1ccccc1S(N)(=O)=O. The van der Waals surface area contributed by atoms with Gasteiger partial charge in [0.05, 0.1) is 0 Å². The Bertz CT molecular complexity index is 666. The molecule has 0 saturated heterocycles. The van der Waals surface area contributed by atoms with Crippen molar-refractivity contribution in [3.63, 3.8) is 0 Å². The van der Waals surface area contributed by atoms with Crippen LogP contribution in [0.3, 0.4) is 0 Å². The largest absolute Gasteiger partial charge is 0.244 e. The summed E-state index contributed by atoms with van der Waals surface area (Å²) in [5.74, 6) is 0. The molecule has 0 aromatic heterocycles. The van der Waals surface area contributed by atoms with Gasteiger partial charge in [0.1, 0.15) is 9.79 Å². The summed E-state index contributed by atoms with van der Waals surface area (Å²) in [6.07, 6.45) is 1.43. The van der Waals surface area contributed by atoms with Crippen molar-refractivity contribution in [2.45, 2.75) is 16.7 Å². The Morgan fingerprint density at radius 3 is 2.16 bits per heavy atom. The van der Waals surface area contributed by atoms with Crippen LogP contribution in [0.5, 0.6) is 0 Å². The number of benzene rings is 1. The van der Waals surface area contributed by atoms with E-state index < -0.39 is 24.9 Å². The summed E-state index contributed by atoms with van der Waals surface area (Å²) in [4.78, 5) is -0.723. The third kappa shape index (κ3) is 3.41. The smallest absolute Gasteiger partial charge is 0.225 e. The summed E-state index contributed by atoms with van der Waals surface area (Å²) in [6, 6.07) is 5.26. The Morgan fingerprint density at radius 2 is 1.74 bits per heavy atom. The molecule has 0 heterocycles. The van der Waals surface area contributed by atoms with Crippen LogP contribution in [0, 0.1) is 0 Å². The maximum absolute atomic E-state index is 12.4. The van der Waals surface area contributed by atoms with Crippen LogP contribution in [-0.4, -0.2) is 34.2 Å². The van der Waals surface area contributed by atoms with Crippen molar-refractivity contribution in [2.24, 2.45) is 5.14 Å². The Labute approximate surface area is 113 Å². The normalized spacial score (nSPS) is 12.6. The van der Waals surface area contributed by atoms with Crippen LogP contribution in [0.25, 0.3) is 0 Å². The highest BCUT2D eigenvalue weighted by Crippen LogP contribution is 2.22. The highest BCUT2D eigenvalue weighted by Gasteiger charge is 2.28. The second-order valence-electron chi connectivity index (χ2n) is 3.74. The van der Waals surface area contributed by atoms with E-state index in [1.54, 1.807) is 6.92 Å². The first-order chi connectivity index (χ1) is 8.75. The minimum absolute atomic E-state index is 0.0950. The first-order valence-electron chi connectivity index (χ1n) is 5.48. The summed E-state index contributed by atoms with van der Waals surface area (Å²) in [7, 11) is -8.03. The van der Waals surface area contributed by atoms with Crippen LogP contribution in [0.1, 0.15) is 6.92 Å². The van der Waals surface area contributed by atoms with Crippen molar-refractivity contribution >= 4 is 20.0 Å². The summed E-state index contributed by atoms with van der Waals surface area (Å²) in [5.41, 5.74) is 0. The zero-order valence-corrected chi connectivity index (χ0v) is 12.1. The molecule has 6 nitrogen and oxygen atoms in total. The third-order valence-corrected chi connectivity index (χ3v) is 5.56. The van der Waals surface area contributed by atoms with E-state index in [0.717, 1.165) is 4.31 Å². The highest BCUT2D eigenvalue weighted by molar-refractivity contribution is 7.92. The standard InChI is InChI=1S/C11H16N2O4S2/c1-3-9-13(4-2)19(16,17)11-8-6-5-7-10(11)18(12,14)15/h3,5-8H,1,4,9H2,2H3,(H2,12,14,15). The molecule has 0 fully saturated rings. The van der Waals surface area contributed by atoms with Gasteiger partial charge in [-0.25, -0.2) is 22.0 Å². The molecule has 19 heavy (non-hydrogen) atoms.